The Morgan fingerprint density at radius 2 is 1.66 bits per heavy atom. The van der Waals surface area contributed by atoms with E-state index in [0.717, 1.165) is 66.5 Å². The Bertz CT molecular complexity index is 1320. The van der Waals surface area contributed by atoms with Crippen LogP contribution in [-0.4, -0.2) is 72.2 Å². The minimum Gasteiger partial charge on any atom is -0.369 e. The Balaban J connectivity index is 1.27. The van der Waals surface area contributed by atoms with Crippen molar-refractivity contribution < 1.29 is 4.79 Å². The van der Waals surface area contributed by atoms with Crippen LogP contribution in [0.5, 0.6) is 0 Å². The van der Waals surface area contributed by atoms with Gasteiger partial charge in [-0.15, -0.1) is 0 Å². The third kappa shape index (κ3) is 4.58. The van der Waals surface area contributed by atoms with Gasteiger partial charge < -0.3 is 14.7 Å². The van der Waals surface area contributed by atoms with E-state index in [9.17, 15) is 4.79 Å². The highest BCUT2D eigenvalue weighted by Crippen LogP contribution is 2.34. The van der Waals surface area contributed by atoms with Gasteiger partial charge in [0.2, 0.25) is 0 Å². The summed E-state index contributed by atoms with van der Waals surface area (Å²) in [5.74, 6) is -0.136. The van der Waals surface area contributed by atoms with Gasteiger partial charge >= 0.3 is 0 Å². The van der Waals surface area contributed by atoms with Crippen molar-refractivity contribution in [3.05, 3.63) is 65.2 Å². The second-order valence-corrected chi connectivity index (χ2v) is 10.5. The molecule has 7 heteroatoms. The summed E-state index contributed by atoms with van der Waals surface area (Å²) < 4.78 is 0. The first kappa shape index (κ1) is 22.3. The number of thioether (sulfide) groups is 1. The number of fused-ring (bicyclic) bond motifs is 1. The molecule has 0 radical (unpaired) electrons. The van der Waals surface area contributed by atoms with Gasteiger partial charge in [-0.25, -0.2) is 0 Å². The average Bonchev–Trinajstić information content (AvgIpc) is 3.55. The van der Waals surface area contributed by atoms with Gasteiger partial charge in [-0.2, -0.15) is 4.99 Å². The van der Waals surface area contributed by atoms with E-state index in [1.807, 2.05) is 24.4 Å². The molecule has 3 aliphatic heterocycles. The van der Waals surface area contributed by atoms with Crippen molar-refractivity contribution >= 4 is 45.5 Å². The Labute approximate surface area is 210 Å². The lowest BCUT2D eigenvalue weighted by molar-refractivity contribution is -0.113. The topological polar surface area (TPSA) is 52.0 Å². The molecule has 0 spiro atoms. The van der Waals surface area contributed by atoms with Crippen molar-refractivity contribution in [3.63, 3.8) is 0 Å². The zero-order valence-electron chi connectivity index (χ0n) is 20.0. The van der Waals surface area contributed by atoms with E-state index >= 15 is 0 Å². The van der Waals surface area contributed by atoms with Crippen LogP contribution in [-0.2, 0) is 4.79 Å². The monoisotopic (exact) mass is 483 g/mol. The molecule has 6 rings (SSSR count). The van der Waals surface area contributed by atoms with E-state index < -0.39 is 0 Å². The van der Waals surface area contributed by atoms with Gasteiger partial charge in [0.05, 0.1) is 10.4 Å². The number of aromatic nitrogens is 1. The Kier molecular flexibility index (Phi) is 6.04. The number of likely N-dealkylation sites (tertiary alicyclic amines) is 1. The highest BCUT2D eigenvalue weighted by Gasteiger charge is 2.27. The van der Waals surface area contributed by atoms with Gasteiger partial charge in [-0.05, 0) is 84.7 Å². The van der Waals surface area contributed by atoms with Crippen LogP contribution in [0.2, 0.25) is 0 Å². The Morgan fingerprint density at radius 3 is 2.43 bits per heavy atom. The lowest BCUT2D eigenvalue weighted by Crippen LogP contribution is -2.44. The highest BCUT2D eigenvalue weighted by molar-refractivity contribution is 8.18. The summed E-state index contributed by atoms with van der Waals surface area (Å²) in [6, 6.07) is 17.2. The molecular weight excluding hydrogens is 454 g/mol. The van der Waals surface area contributed by atoms with Crippen molar-refractivity contribution in [2.75, 3.05) is 51.2 Å². The third-order valence-electron chi connectivity index (χ3n) is 7.10. The van der Waals surface area contributed by atoms with Gasteiger partial charge in [0.15, 0.2) is 5.17 Å². The summed E-state index contributed by atoms with van der Waals surface area (Å²) in [4.78, 5) is 29.2. The quantitative estimate of drug-likeness (QED) is 0.503. The summed E-state index contributed by atoms with van der Waals surface area (Å²) >= 11 is 1.50. The summed E-state index contributed by atoms with van der Waals surface area (Å²) in [7, 11) is 2.18. The SMILES string of the molecule is CN1CCN(c2ccc(-c3ccnc4ccc(/C=C5\SC(N6CCCC6)=NC5=O)cc34)cc2)CC1. The van der Waals surface area contributed by atoms with Crippen LogP contribution in [0.3, 0.4) is 0 Å². The van der Waals surface area contributed by atoms with Gasteiger partial charge in [-0.1, -0.05) is 18.2 Å². The van der Waals surface area contributed by atoms with E-state index in [-0.39, 0.29) is 5.91 Å². The second-order valence-electron chi connectivity index (χ2n) is 9.48. The molecule has 2 saturated heterocycles. The first-order chi connectivity index (χ1) is 17.1. The normalized spacial score (nSPS) is 20.3. The second kappa shape index (κ2) is 9.47. The molecule has 6 nitrogen and oxygen atoms in total. The lowest BCUT2D eigenvalue weighted by atomic mass is 9.99. The van der Waals surface area contributed by atoms with E-state index in [4.69, 9.17) is 0 Å². The molecule has 1 aromatic heterocycles. The molecule has 178 valence electrons. The number of amidine groups is 1. The van der Waals surface area contributed by atoms with Gasteiger partial charge in [0.25, 0.3) is 5.91 Å². The lowest BCUT2D eigenvalue weighted by Gasteiger charge is -2.34. The fraction of sp³-hybridized carbons (Fsp3) is 0.321. The number of nitrogens with zero attached hydrogens (tertiary/aromatic N) is 5. The number of benzene rings is 2. The summed E-state index contributed by atoms with van der Waals surface area (Å²) in [6.07, 6.45) is 6.18. The number of anilines is 1. The number of likely N-dealkylation sites (N-methyl/N-ethyl adjacent to an activating group) is 1. The molecule has 2 aromatic carbocycles. The third-order valence-corrected chi connectivity index (χ3v) is 8.14. The van der Waals surface area contributed by atoms with E-state index in [1.54, 1.807) is 0 Å². The van der Waals surface area contributed by atoms with E-state index in [2.05, 4.69) is 68.1 Å². The number of rotatable bonds is 3. The predicted octanol–water partition coefficient (Wildman–Crippen LogP) is 4.72. The maximum atomic E-state index is 12.6. The van der Waals surface area contributed by atoms with Crippen LogP contribution in [0.15, 0.2) is 64.6 Å². The standard InChI is InChI=1S/C28H29N5OS/c1-31-14-16-32(17-15-31)22-7-5-21(6-8-22)23-10-11-29-25-9-4-20(18-24(23)25)19-26-27(34)30-28(35-26)33-12-2-3-13-33/h4-11,18-19H,2-3,12-17H2,1H3/b26-19-. The van der Waals surface area contributed by atoms with Crippen molar-refractivity contribution in [1.82, 2.24) is 14.8 Å². The van der Waals surface area contributed by atoms with Crippen LogP contribution in [0.4, 0.5) is 5.69 Å². The Hall–Kier alpha value is -3.16. The molecule has 0 unspecified atom stereocenters. The molecule has 0 saturated carbocycles. The summed E-state index contributed by atoms with van der Waals surface area (Å²) in [6.45, 7) is 6.30. The minimum absolute atomic E-state index is 0.136. The molecule has 1 amide bonds. The number of amides is 1. The maximum absolute atomic E-state index is 12.6. The molecular formula is C28H29N5OS. The van der Waals surface area contributed by atoms with Crippen molar-refractivity contribution in [3.8, 4) is 11.1 Å². The van der Waals surface area contributed by atoms with Gasteiger partial charge in [0.1, 0.15) is 0 Å². The highest BCUT2D eigenvalue weighted by atomic mass is 32.2. The van der Waals surface area contributed by atoms with E-state index in [0.29, 0.717) is 4.91 Å². The molecule has 0 N–H and O–H groups in total. The number of hydrogen-bond donors (Lipinski definition) is 0. The van der Waals surface area contributed by atoms with Crippen LogP contribution in [0, 0.1) is 0 Å². The van der Waals surface area contributed by atoms with Gasteiger partial charge in [0, 0.05) is 56.5 Å². The molecule has 0 bridgehead atoms. The zero-order chi connectivity index (χ0) is 23.8. The average molecular weight is 484 g/mol. The minimum atomic E-state index is -0.136. The molecule has 4 heterocycles. The van der Waals surface area contributed by atoms with Crippen molar-refractivity contribution in [2.24, 2.45) is 4.99 Å². The molecule has 3 aliphatic rings. The fourth-order valence-corrected chi connectivity index (χ4v) is 5.98. The first-order valence-electron chi connectivity index (χ1n) is 12.3. The van der Waals surface area contributed by atoms with Gasteiger partial charge in [-0.3, -0.25) is 9.78 Å². The summed E-state index contributed by atoms with van der Waals surface area (Å²) in [5, 5.41) is 1.94. The zero-order valence-corrected chi connectivity index (χ0v) is 20.8. The van der Waals surface area contributed by atoms with E-state index in [1.165, 1.54) is 35.9 Å². The van der Waals surface area contributed by atoms with Crippen LogP contribution in [0.1, 0.15) is 18.4 Å². The van der Waals surface area contributed by atoms with Crippen LogP contribution < -0.4 is 4.90 Å². The molecule has 35 heavy (non-hydrogen) atoms. The first-order valence-corrected chi connectivity index (χ1v) is 13.2. The molecule has 0 atom stereocenters. The van der Waals surface area contributed by atoms with Crippen molar-refractivity contribution in [1.29, 1.82) is 0 Å². The number of hydrogen-bond acceptors (Lipinski definition) is 6. The predicted molar refractivity (Wildman–Crippen MR) is 146 cm³/mol. The number of pyridine rings is 1. The van der Waals surface area contributed by atoms with Crippen molar-refractivity contribution in [2.45, 2.75) is 12.8 Å². The smallest absolute Gasteiger partial charge is 0.286 e. The molecule has 2 fully saturated rings. The molecule has 0 aliphatic carbocycles. The Morgan fingerprint density at radius 1 is 0.886 bits per heavy atom. The maximum Gasteiger partial charge on any atom is 0.286 e. The fourth-order valence-electron chi connectivity index (χ4n) is 5.01. The number of carbonyl (C=O) groups excluding carboxylic acids is 1. The number of carbonyl (C=O) groups is 1. The largest absolute Gasteiger partial charge is 0.369 e. The number of piperazine rings is 1. The van der Waals surface area contributed by atoms with Crippen LogP contribution in [0.25, 0.3) is 28.1 Å². The summed E-state index contributed by atoms with van der Waals surface area (Å²) in [5.41, 5.74) is 5.54. The number of aliphatic imine (C=N–C) groups is 1. The van der Waals surface area contributed by atoms with Crippen LogP contribution >= 0.6 is 11.8 Å². The molecule has 3 aromatic rings.